The van der Waals surface area contributed by atoms with Gasteiger partial charge in [-0.15, -0.1) is 0 Å². The predicted molar refractivity (Wildman–Crippen MR) is 83.9 cm³/mol. The number of halogens is 1. The maximum Gasteiger partial charge on any atom is 0.272 e. The van der Waals surface area contributed by atoms with Crippen LogP contribution in [0.2, 0.25) is 0 Å². The quantitative estimate of drug-likeness (QED) is 0.729. The van der Waals surface area contributed by atoms with Crippen molar-refractivity contribution >= 4 is 22.7 Å². The lowest BCUT2D eigenvalue weighted by Crippen LogP contribution is -2.43. The molecule has 0 saturated heterocycles. The van der Waals surface area contributed by atoms with Gasteiger partial charge in [-0.25, -0.2) is 4.39 Å². The van der Waals surface area contributed by atoms with E-state index in [0.717, 1.165) is 10.9 Å². The van der Waals surface area contributed by atoms with Crippen LogP contribution in [0.25, 0.3) is 10.9 Å². The first-order chi connectivity index (χ1) is 11.1. The molecule has 116 valence electrons. The van der Waals surface area contributed by atoms with Crippen LogP contribution in [0.1, 0.15) is 10.4 Å². The van der Waals surface area contributed by atoms with Gasteiger partial charge in [0.2, 0.25) is 0 Å². The highest BCUT2D eigenvalue weighted by atomic mass is 19.1. The van der Waals surface area contributed by atoms with E-state index in [1.165, 1.54) is 18.2 Å². The number of para-hydroxylation sites is 1. The van der Waals surface area contributed by atoms with Crippen LogP contribution in [-0.2, 0) is 11.3 Å². The summed E-state index contributed by atoms with van der Waals surface area (Å²) in [5.41, 5.74) is 5.29. The molecule has 1 aromatic heterocycles. The van der Waals surface area contributed by atoms with Crippen LogP contribution in [0.5, 0.6) is 0 Å². The summed E-state index contributed by atoms with van der Waals surface area (Å²) >= 11 is 0. The summed E-state index contributed by atoms with van der Waals surface area (Å²) in [6.07, 6.45) is 1.79. The zero-order valence-corrected chi connectivity index (χ0v) is 12.1. The lowest BCUT2D eigenvalue weighted by Gasteiger charge is -2.09. The fraction of sp³-hybridized carbons (Fsp3) is 0.0588. The Labute approximate surface area is 131 Å². The Bertz CT molecular complexity index is 873. The van der Waals surface area contributed by atoms with Crippen molar-refractivity contribution in [3.8, 4) is 0 Å². The Morgan fingerprint density at radius 2 is 1.70 bits per heavy atom. The second-order valence-electron chi connectivity index (χ2n) is 4.98. The molecule has 6 heteroatoms. The molecule has 2 N–H and O–H groups in total. The van der Waals surface area contributed by atoms with E-state index >= 15 is 0 Å². The number of hydrogen-bond donors (Lipinski definition) is 2. The molecule has 0 fully saturated rings. The number of benzene rings is 2. The van der Waals surface area contributed by atoms with Crippen molar-refractivity contribution in [2.75, 3.05) is 0 Å². The Morgan fingerprint density at radius 3 is 2.52 bits per heavy atom. The smallest absolute Gasteiger partial charge is 0.272 e. The van der Waals surface area contributed by atoms with E-state index in [4.69, 9.17) is 0 Å². The van der Waals surface area contributed by atoms with Gasteiger partial charge in [-0.1, -0.05) is 30.3 Å². The number of nitrogens with zero attached hydrogens (tertiary/aromatic N) is 1. The largest absolute Gasteiger partial charge is 0.338 e. The molecule has 5 nitrogen and oxygen atoms in total. The average molecular weight is 311 g/mol. The van der Waals surface area contributed by atoms with Crippen LogP contribution in [0.3, 0.4) is 0 Å². The number of fused-ring (bicyclic) bond motifs is 1. The molecular formula is C17H14FN3O2. The zero-order chi connectivity index (χ0) is 16.2. The van der Waals surface area contributed by atoms with Crippen molar-refractivity contribution in [2.45, 2.75) is 6.54 Å². The molecule has 3 rings (SSSR count). The van der Waals surface area contributed by atoms with Gasteiger partial charge in [-0.05, 0) is 29.7 Å². The summed E-state index contributed by atoms with van der Waals surface area (Å²) in [5, 5.41) is 1.02. The van der Waals surface area contributed by atoms with Crippen molar-refractivity contribution in [1.29, 1.82) is 0 Å². The third-order valence-electron chi connectivity index (χ3n) is 3.43. The second kappa shape index (κ2) is 6.31. The molecule has 0 bridgehead atoms. The van der Waals surface area contributed by atoms with Crippen LogP contribution in [-0.4, -0.2) is 16.4 Å². The zero-order valence-electron chi connectivity index (χ0n) is 12.1. The number of carbonyl (C=O) groups excluding carboxylic acids is 2. The molecule has 0 unspecified atom stereocenters. The summed E-state index contributed by atoms with van der Waals surface area (Å²) in [6, 6.07) is 15.1. The summed E-state index contributed by atoms with van der Waals surface area (Å²) < 4.78 is 15.2. The van der Waals surface area contributed by atoms with E-state index in [2.05, 4.69) is 10.9 Å². The molecule has 2 amide bonds. The standard InChI is InChI=1S/C17H14FN3O2/c18-14-7-3-2-6-13(14)17(23)20-19-16(22)11-21-10-9-12-5-1-4-8-15(12)21/h1-10H,11H2,(H,19,22)(H,20,23). The van der Waals surface area contributed by atoms with Crippen LogP contribution in [0.15, 0.2) is 60.8 Å². The predicted octanol–water partition coefficient (Wildman–Crippen LogP) is 2.24. The summed E-state index contributed by atoms with van der Waals surface area (Å²) in [4.78, 5) is 23.7. The minimum absolute atomic E-state index is 0.0467. The first-order valence-electron chi connectivity index (χ1n) is 7.03. The van der Waals surface area contributed by atoms with Gasteiger partial charge in [0.15, 0.2) is 0 Å². The summed E-state index contributed by atoms with van der Waals surface area (Å²) in [7, 11) is 0. The van der Waals surface area contributed by atoms with Crippen molar-refractivity contribution in [2.24, 2.45) is 0 Å². The third-order valence-corrected chi connectivity index (χ3v) is 3.43. The lowest BCUT2D eigenvalue weighted by atomic mass is 10.2. The van der Waals surface area contributed by atoms with E-state index in [0.29, 0.717) is 0 Å². The Kier molecular flexibility index (Phi) is 4.05. The number of aromatic nitrogens is 1. The van der Waals surface area contributed by atoms with Gasteiger partial charge >= 0.3 is 0 Å². The van der Waals surface area contributed by atoms with Gasteiger partial charge in [-0.2, -0.15) is 0 Å². The number of amides is 2. The first-order valence-corrected chi connectivity index (χ1v) is 7.03. The van der Waals surface area contributed by atoms with E-state index in [1.807, 2.05) is 30.3 Å². The number of rotatable bonds is 3. The summed E-state index contributed by atoms with van der Waals surface area (Å²) in [6.45, 7) is 0.0467. The van der Waals surface area contributed by atoms with E-state index < -0.39 is 17.6 Å². The number of nitrogens with one attached hydrogen (secondary N) is 2. The van der Waals surface area contributed by atoms with Gasteiger partial charge < -0.3 is 4.57 Å². The molecular weight excluding hydrogens is 297 g/mol. The molecule has 0 atom stereocenters. The van der Waals surface area contributed by atoms with Crippen molar-refractivity contribution in [3.05, 3.63) is 72.2 Å². The highest BCUT2D eigenvalue weighted by molar-refractivity contribution is 5.95. The molecule has 0 saturated carbocycles. The molecule has 1 heterocycles. The van der Waals surface area contributed by atoms with Crippen LogP contribution < -0.4 is 10.9 Å². The highest BCUT2D eigenvalue weighted by Gasteiger charge is 2.12. The second-order valence-corrected chi connectivity index (χ2v) is 4.98. The molecule has 0 spiro atoms. The van der Waals surface area contributed by atoms with Gasteiger partial charge in [0, 0.05) is 11.7 Å². The third kappa shape index (κ3) is 3.21. The normalized spacial score (nSPS) is 10.5. The van der Waals surface area contributed by atoms with Crippen LogP contribution >= 0.6 is 0 Å². The molecule has 0 aliphatic carbocycles. The van der Waals surface area contributed by atoms with Crippen molar-refractivity contribution in [1.82, 2.24) is 15.4 Å². The number of carbonyl (C=O) groups is 2. The van der Waals surface area contributed by atoms with Gasteiger partial charge in [-0.3, -0.25) is 20.4 Å². The Balaban J connectivity index is 1.62. The molecule has 2 aromatic carbocycles. The highest BCUT2D eigenvalue weighted by Crippen LogP contribution is 2.14. The van der Waals surface area contributed by atoms with E-state index in [9.17, 15) is 14.0 Å². The molecule has 23 heavy (non-hydrogen) atoms. The van der Waals surface area contributed by atoms with Gasteiger partial charge in [0.1, 0.15) is 12.4 Å². The average Bonchev–Trinajstić information content (AvgIpc) is 2.96. The lowest BCUT2D eigenvalue weighted by molar-refractivity contribution is -0.122. The fourth-order valence-electron chi connectivity index (χ4n) is 2.31. The topological polar surface area (TPSA) is 63.1 Å². The van der Waals surface area contributed by atoms with Crippen LogP contribution in [0, 0.1) is 5.82 Å². The Morgan fingerprint density at radius 1 is 0.957 bits per heavy atom. The maximum atomic E-state index is 13.5. The number of hydrazine groups is 1. The first kappa shape index (κ1) is 14.8. The number of hydrogen-bond acceptors (Lipinski definition) is 2. The minimum atomic E-state index is -0.700. The monoisotopic (exact) mass is 311 g/mol. The van der Waals surface area contributed by atoms with Crippen LogP contribution in [0.4, 0.5) is 4.39 Å². The summed E-state index contributed by atoms with van der Waals surface area (Å²) in [5.74, 6) is -1.75. The SMILES string of the molecule is O=C(Cn1ccc2ccccc21)NNC(=O)c1ccccc1F. The molecule has 0 aliphatic rings. The Hall–Kier alpha value is -3.15. The molecule has 3 aromatic rings. The van der Waals surface area contributed by atoms with Crippen molar-refractivity contribution < 1.29 is 14.0 Å². The van der Waals surface area contributed by atoms with E-state index in [1.54, 1.807) is 16.8 Å². The van der Waals surface area contributed by atoms with Crippen molar-refractivity contribution in [3.63, 3.8) is 0 Å². The van der Waals surface area contributed by atoms with Gasteiger partial charge in [0.25, 0.3) is 11.8 Å². The van der Waals surface area contributed by atoms with E-state index in [-0.39, 0.29) is 12.1 Å². The van der Waals surface area contributed by atoms with Gasteiger partial charge in [0.05, 0.1) is 5.56 Å². The minimum Gasteiger partial charge on any atom is -0.338 e. The fourth-order valence-corrected chi connectivity index (χ4v) is 2.31. The maximum absolute atomic E-state index is 13.5. The molecule has 0 aliphatic heterocycles. The molecule has 0 radical (unpaired) electrons.